The van der Waals surface area contributed by atoms with E-state index >= 15 is 0 Å². The van der Waals surface area contributed by atoms with Crippen molar-refractivity contribution in [3.63, 3.8) is 0 Å². The summed E-state index contributed by atoms with van der Waals surface area (Å²) in [6.45, 7) is 5.88. The molecule has 0 bridgehead atoms. The third-order valence-corrected chi connectivity index (χ3v) is 8.93. The largest absolute Gasteiger partial charge is 0.447 e. The zero-order chi connectivity index (χ0) is 33.4. The first-order valence-electron chi connectivity index (χ1n) is 17.9. The van der Waals surface area contributed by atoms with Gasteiger partial charge in [-0.25, -0.2) is 4.79 Å². The standard InChI is InChI=1S/C38H57N2O6P/c1-3-5-6-7-8-9-10-11-12-13-14-15-16-19-27-39-38(41)44-31-36(43-4-2)32-45-47(42)46-35-25-20-22-33(29-35)30-40-28-21-24-34-23-17-18-26-37(34)40/h17-18,20-26,28-29,36,42H,3-16,19,27,30-32H2,1-2H3/p+1. The van der Waals surface area contributed by atoms with Gasteiger partial charge in [0, 0.05) is 36.2 Å². The Morgan fingerprint density at radius 3 is 2.17 bits per heavy atom. The van der Waals surface area contributed by atoms with E-state index in [-0.39, 0.29) is 13.2 Å². The monoisotopic (exact) mass is 669 g/mol. The average molecular weight is 670 g/mol. The van der Waals surface area contributed by atoms with Crippen LogP contribution in [0.25, 0.3) is 10.9 Å². The maximum atomic E-state index is 12.2. The van der Waals surface area contributed by atoms with Gasteiger partial charge in [-0.3, -0.25) is 4.52 Å². The summed E-state index contributed by atoms with van der Waals surface area (Å²) in [4.78, 5) is 22.7. The second-order valence-electron chi connectivity index (χ2n) is 12.2. The number of aromatic nitrogens is 1. The minimum atomic E-state index is -2.19. The van der Waals surface area contributed by atoms with Crippen molar-refractivity contribution in [3.05, 3.63) is 72.4 Å². The highest BCUT2D eigenvalue weighted by Crippen LogP contribution is 2.35. The second-order valence-corrected chi connectivity index (χ2v) is 13.1. The van der Waals surface area contributed by atoms with Crippen LogP contribution in [-0.4, -0.2) is 43.5 Å². The molecule has 0 aliphatic carbocycles. The maximum Gasteiger partial charge on any atom is 0.407 e. The van der Waals surface area contributed by atoms with Crippen molar-refractivity contribution in [1.29, 1.82) is 0 Å². The third-order valence-electron chi connectivity index (χ3n) is 8.20. The Hall–Kier alpha value is -2.77. The van der Waals surface area contributed by atoms with Gasteiger partial charge in [0.05, 0.1) is 6.61 Å². The molecule has 260 valence electrons. The van der Waals surface area contributed by atoms with Gasteiger partial charge >= 0.3 is 14.7 Å². The molecule has 8 nitrogen and oxygen atoms in total. The Kier molecular flexibility index (Phi) is 20.1. The van der Waals surface area contributed by atoms with Crippen molar-refractivity contribution in [2.24, 2.45) is 0 Å². The predicted octanol–water partition coefficient (Wildman–Crippen LogP) is 9.40. The fourth-order valence-corrected chi connectivity index (χ4v) is 6.27. The van der Waals surface area contributed by atoms with Gasteiger partial charge in [0.25, 0.3) is 0 Å². The Bertz CT molecular complexity index is 1260. The molecule has 3 rings (SSSR count). The number of para-hydroxylation sites is 1. The van der Waals surface area contributed by atoms with Crippen LogP contribution in [0.15, 0.2) is 66.9 Å². The zero-order valence-electron chi connectivity index (χ0n) is 28.7. The van der Waals surface area contributed by atoms with E-state index in [4.69, 9.17) is 18.5 Å². The number of amides is 1. The number of carbonyl (C=O) groups excluding carboxylic acids is 1. The minimum Gasteiger partial charge on any atom is -0.447 e. The first kappa shape index (κ1) is 38.7. The smallest absolute Gasteiger partial charge is 0.407 e. The molecule has 0 saturated heterocycles. The lowest BCUT2D eigenvalue weighted by molar-refractivity contribution is -0.662. The number of pyridine rings is 1. The SMILES string of the molecule is CCCCCCCCCCCCCCCCNC(=O)OCC(COP(O)Oc1cccc(C[n+]2cccc3ccccc32)c1)OCC. The highest BCUT2D eigenvalue weighted by Gasteiger charge is 2.18. The van der Waals surface area contributed by atoms with Crippen LogP contribution < -0.4 is 14.4 Å². The van der Waals surface area contributed by atoms with Crippen LogP contribution in [0.4, 0.5) is 4.79 Å². The molecular weight excluding hydrogens is 611 g/mol. The number of unbranched alkanes of at least 4 members (excludes halogenated alkanes) is 13. The molecule has 1 heterocycles. The fourth-order valence-electron chi connectivity index (χ4n) is 5.63. The van der Waals surface area contributed by atoms with Crippen molar-refractivity contribution >= 4 is 25.6 Å². The molecule has 2 atom stereocenters. The van der Waals surface area contributed by atoms with E-state index in [9.17, 15) is 9.69 Å². The molecule has 1 amide bonds. The molecule has 2 N–H and O–H groups in total. The van der Waals surface area contributed by atoms with Gasteiger partial charge in [-0.2, -0.15) is 4.57 Å². The van der Waals surface area contributed by atoms with Crippen LogP contribution in [0, 0.1) is 0 Å². The maximum absolute atomic E-state index is 12.2. The molecule has 0 aliphatic heterocycles. The van der Waals surface area contributed by atoms with Crippen molar-refractivity contribution in [2.45, 2.75) is 116 Å². The molecule has 47 heavy (non-hydrogen) atoms. The van der Waals surface area contributed by atoms with E-state index in [1.807, 2.05) is 43.3 Å². The highest BCUT2D eigenvalue weighted by atomic mass is 31.2. The lowest BCUT2D eigenvalue weighted by Crippen LogP contribution is -2.34. The van der Waals surface area contributed by atoms with Crippen LogP contribution >= 0.6 is 8.60 Å². The van der Waals surface area contributed by atoms with Gasteiger partial charge in [0.2, 0.25) is 5.52 Å². The Morgan fingerprint density at radius 2 is 1.47 bits per heavy atom. The summed E-state index contributed by atoms with van der Waals surface area (Å²) < 4.78 is 24.4. The molecule has 3 aromatic rings. The number of alkyl carbamates (subject to hydrolysis) is 1. The number of nitrogens with zero attached hydrogens (tertiary/aromatic N) is 1. The third kappa shape index (κ3) is 16.8. The minimum absolute atomic E-state index is 0.0271. The number of hydrogen-bond acceptors (Lipinski definition) is 6. The second kappa shape index (κ2) is 24.4. The predicted molar refractivity (Wildman–Crippen MR) is 190 cm³/mol. The van der Waals surface area contributed by atoms with Crippen LogP contribution in [0.2, 0.25) is 0 Å². The number of nitrogens with one attached hydrogen (secondary N) is 1. The molecule has 2 unspecified atom stereocenters. The molecule has 0 fully saturated rings. The Morgan fingerprint density at radius 1 is 0.809 bits per heavy atom. The molecule has 0 aliphatic rings. The lowest BCUT2D eigenvalue weighted by Gasteiger charge is -2.19. The van der Waals surface area contributed by atoms with Gasteiger partial charge in [-0.1, -0.05) is 115 Å². The lowest BCUT2D eigenvalue weighted by atomic mass is 10.0. The van der Waals surface area contributed by atoms with Crippen LogP contribution in [-0.2, 0) is 20.5 Å². The number of benzene rings is 2. The average Bonchev–Trinajstić information content (AvgIpc) is 3.08. The summed E-state index contributed by atoms with van der Waals surface area (Å²) in [5.41, 5.74) is 2.18. The zero-order valence-corrected chi connectivity index (χ0v) is 29.6. The summed E-state index contributed by atoms with van der Waals surface area (Å²) in [7, 11) is -2.19. The number of fused-ring (bicyclic) bond motifs is 1. The molecule has 0 spiro atoms. The van der Waals surface area contributed by atoms with Crippen LogP contribution in [0.1, 0.15) is 109 Å². The number of hydrogen-bond donors (Lipinski definition) is 2. The summed E-state index contributed by atoms with van der Waals surface area (Å²) >= 11 is 0. The van der Waals surface area contributed by atoms with Gasteiger partial charge in [-0.15, -0.1) is 0 Å². The van der Waals surface area contributed by atoms with E-state index in [1.165, 1.54) is 82.4 Å². The van der Waals surface area contributed by atoms with E-state index < -0.39 is 20.8 Å². The normalized spacial score (nSPS) is 12.6. The van der Waals surface area contributed by atoms with Crippen molar-refractivity contribution in [1.82, 2.24) is 5.32 Å². The molecule has 2 aromatic carbocycles. The van der Waals surface area contributed by atoms with Crippen molar-refractivity contribution in [2.75, 3.05) is 26.4 Å². The Labute approximate surface area is 284 Å². The van der Waals surface area contributed by atoms with Gasteiger partial charge in [0.15, 0.2) is 12.7 Å². The summed E-state index contributed by atoms with van der Waals surface area (Å²) in [5, 5.41) is 4.00. The van der Waals surface area contributed by atoms with E-state index in [0.717, 1.165) is 23.9 Å². The topological polar surface area (TPSA) is 90.1 Å². The number of rotatable bonds is 26. The Balaban J connectivity index is 1.24. The van der Waals surface area contributed by atoms with Crippen molar-refractivity contribution < 1.29 is 32.8 Å². The molecule has 0 saturated carbocycles. The first-order chi connectivity index (χ1) is 23.1. The highest BCUT2D eigenvalue weighted by molar-refractivity contribution is 7.41. The number of carbonyl (C=O) groups is 1. The number of ether oxygens (including phenoxy) is 2. The van der Waals surface area contributed by atoms with E-state index in [0.29, 0.717) is 25.4 Å². The van der Waals surface area contributed by atoms with Gasteiger partial charge < -0.3 is 24.2 Å². The van der Waals surface area contributed by atoms with Crippen LogP contribution in [0.5, 0.6) is 5.75 Å². The van der Waals surface area contributed by atoms with Crippen molar-refractivity contribution in [3.8, 4) is 5.75 Å². The van der Waals surface area contributed by atoms with E-state index in [1.54, 1.807) is 6.07 Å². The first-order valence-corrected chi connectivity index (χ1v) is 19.0. The molecule has 9 heteroatoms. The summed E-state index contributed by atoms with van der Waals surface area (Å²) in [6, 6.07) is 20.0. The van der Waals surface area contributed by atoms with Crippen LogP contribution in [0.3, 0.4) is 0 Å². The molecule has 0 radical (unpaired) electrons. The van der Waals surface area contributed by atoms with Gasteiger partial charge in [-0.05, 0) is 37.6 Å². The molecule has 1 aromatic heterocycles. The van der Waals surface area contributed by atoms with Gasteiger partial charge in [0.1, 0.15) is 18.5 Å². The molecular formula is C38H58N2O6P+. The summed E-state index contributed by atoms with van der Waals surface area (Å²) in [5.74, 6) is 0.518. The van der Waals surface area contributed by atoms with E-state index in [2.05, 4.69) is 41.2 Å². The summed E-state index contributed by atoms with van der Waals surface area (Å²) in [6.07, 6.45) is 19.3. The quantitative estimate of drug-likeness (QED) is 0.0503. The fraction of sp³-hybridized carbons (Fsp3) is 0.579.